The van der Waals surface area contributed by atoms with Gasteiger partial charge in [0.2, 0.25) is 0 Å². The van der Waals surface area contributed by atoms with Crippen molar-refractivity contribution in [2.75, 3.05) is 13.1 Å². The lowest BCUT2D eigenvalue weighted by Gasteiger charge is -2.25. The third-order valence-corrected chi connectivity index (χ3v) is 3.11. The summed E-state index contributed by atoms with van der Waals surface area (Å²) in [7, 11) is 0. The van der Waals surface area contributed by atoms with E-state index >= 15 is 0 Å². The van der Waals surface area contributed by atoms with Crippen molar-refractivity contribution < 1.29 is 4.79 Å². The average Bonchev–Trinajstić information content (AvgIpc) is 2.08. The second kappa shape index (κ2) is 4.15. The highest BCUT2D eigenvalue weighted by Gasteiger charge is 2.24. The molecule has 80 valence electrons. The smallest absolute Gasteiger partial charge is 0.142 e. The van der Waals surface area contributed by atoms with Crippen molar-refractivity contribution in [1.29, 1.82) is 0 Å². The van der Waals surface area contributed by atoms with Crippen molar-refractivity contribution in [2.24, 2.45) is 5.92 Å². The van der Waals surface area contributed by atoms with Gasteiger partial charge in [0.1, 0.15) is 5.78 Å². The minimum Gasteiger partial charge on any atom is -0.315 e. The Morgan fingerprint density at radius 3 is 2.73 bits per heavy atom. The van der Waals surface area contributed by atoms with Gasteiger partial charge in [0.05, 0.1) is 0 Å². The first-order valence-corrected chi connectivity index (χ1v) is 5.46. The van der Waals surface area contributed by atoms with Crippen LogP contribution >= 0.6 is 0 Å². The minimum absolute atomic E-state index is 0.255. The molecule has 1 N–H and O–H groups in total. The molecule has 1 heterocycles. The number of rotatable bonds is 3. The van der Waals surface area contributed by atoms with Crippen molar-refractivity contribution in [3.05, 3.63) is 34.9 Å². The van der Waals surface area contributed by atoms with Crippen LogP contribution in [0.2, 0.25) is 0 Å². The number of carbonyl (C=O) groups is 1. The second-order valence-electron chi connectivity index (χ2n) is 4.43. The van der Waals surface area contributed by atoms with Gasteiger partial charge in [0, 0.05) is 25.4 Å². The van der Waals surface area contributed by atoms with Gasteiger partial charge in [-0.15, -0.1) is 0 Å². The molecule has 1 aromatic carbocycles. The number of carbonyl (C=O) groups excluding carboxylic acids is 1. The maximum Gasteiger partial charge on any atom is 0.142 e. The van der Waals surface area contributed by atoms with Crippen LogP contribution in [0.5, 0.6) is 0 Å². The summed E-state index contributed by atoms with van der Waals surface area (Å²) in [6, 6.07) is 6.31. The van der Waals surface area contributed by atoms with E-state index in [1.54, 1.807) is 0 Å². The van der Waals surface area contributed by atoms with E-state index in [1.807, 2.05) is 0 Å². The van der Waals surface area contributed by atoms with Crippen molar-refractivity contribution in [3.63, 3.8) is 0 Å². The van der Waals surface area contributed by atoms with Crippen molar-refractivity contribution in [3.8, 4) is 0 Å². The van der Waals surface area contributed by atoms with Gasteiger partial charge in [-0.05, 0) is 25.0 Å². The summed E-state index contributed by atoms with van der Waals surface area (Å²) in [5.41, 5.74) is 3.64. The first kappa shape index (κ1) is 10.4. The zero-order chi connectivity index (χ0) is 10.8. The molecule has 0 bridgehead atoms. The Hall–Kier alpha value is -1.15. The third kappa shape index (κ3) is 2.26. The number of aryl methyl sites for hydroxylation is 2. The Labute approximate surface area is 90.7 Å². The molecule has 0 saturated carbocycles. The van der Waals surface area contributed by atoms with Crippen LogP contribution in [0, 0.1) is 19.8 Å². The summed E-state index contributed by atoms with van der Waals surface area (Å²) in [6.07, 6.45) is 0.597. The van der Waals surface area contributed by atoms with Gasteiger partial charge in [0.15, 0.2) is 0 Å². The Bertz CT molecular complexity index is 380. The summed E-state index contributed by atoms with van der Waals surface area (Å²) in [6.45, 7) is 5.87. The molecular formula is C13H17NO. The third-order valence-electron chi connectivity index (χ3n) is 3.11. The minimum atomic E-state index is 0.255. The van der Waals surface area contributed by atoms with E-state index in [2.05, 4.69) is 37.4 Å². The first-order valence-electron chi connectivity index (χ1n) is 5.46. The lowest BCUT2D eigenvalue weighted by molar-refractivity contribution is -0.123. The number of benzene rings is 1. The maximum absolute atomic E-state index is 11.8. The summed E-state index contributed by atoms with van der Waals surface area (Å²) in [5.74, 6) is 0.632. The summed E-state index contributed by atoms with van der Waals surface area (Å²) < 4.78 is 0. The molecule has 0 amide bonds. The molecule has 0 radical (unpaired) electrons. The highest BCUT2D eigenvalue weighted by molar-refractivity contribution is 5.84. The molecule has 0 aromatic heterocycles. The molecule has 2 nitrogen and oxygen atoms in total. The van der Waals surface area contributed by atoms with Gasteiger partial charge in [0.25, 0.3) is 0 Å². The summed E-state index contributed by atoms with van der Waals surface area (Å²) in [4.78, 5) is 11.8. The van der Waals surface area contributed by atoms with Gasteiger partial charge in [-0.1, -0.05) is 23.8 Å². The number of hydrogen-bond acceptors (Lipinski definition) is 2. The fraction of sp³-hybridized carbons (Fsp3) is 0.462. The van der Waals surface area contributed by atoms with Crippen LogP contribution < -0.4 is 5.32 Å². The van der Waals surface area contributed by atoms with Gasteiger partial charge in [-0.2, -0.15) is 0 Å². The van der Waals surface area contributed by atoms with Gasteiger partial charge >= 0.3 is 0 Å². The Morgan fingerprint density at radius 2 is 2.13 bits per heavy atom. The Balaban J connectivity index is 2.09. The molecule has 2 heteroatoms. The fourth-order valence-electron chi connectivity index (χ4n) is 1.84. The van der Waals surface area contributed by atoms with Gasteiger partial charge in [-0.3, -0.25) is 4.79 Å². The molecule has 15 heavy (non-hydrogen) atoms. The van der Waals surface area contributed by atoms with Crippen LogP contribution in [0.25, 0.3) is 0 Å². The number of hydrogen-bond donors (Lipinski definition) is 1. The molecule has 1 saturated heterocycles. The maximum atomic E-state index is 11.8. The highest BCUT2D eigenvalue weighted by Crippen LogP contribution is 2.15. The molecule has 1 aliphatic rings. The van der Waals surface area contributed by atoms with E-state index in [4.69, 9.17) is 0 Å². The number of ketones is 1. The van der Waals surface area contributed by atoms with Gasteiger partial charge < -0.3 is 5.32 Å². The topological polar surface area (TPSA) is 29.1 Å². The molecule has 1 aliphatic heterocycles. The van der Waals surface area contributed by atoms with E-state index in [0.29, 0.717) is 12.2 Å². The SMILES string of the molecule is Cc1ccc(C)c(CC(=O)C2CNC2)c1. The van der Waals surface area contributed by atoms with Gasteiger partial charge in [-0.25, -0.2) is 0 Å². The van der Waals surface area contributed by atoms with Crippen LogP contribution in [0.1, 0.15) is 16.7 Å². The molecule has 0 unspecified atom stereocenters. The first-order chi connectivity index (χ1) is 7.16. The zero-order valence-corrected chi connectivity index (χ0v) is 9.34. The van der Waals surface area contributed by atoms with E-state index in [-0.39, 0.29) is 5.92 Å². The van der Waals surface area contributed by atoms with E-state index in [0.717, 1.165) is 13.1 Å². The molecule has 2 rings (SSSR count). The summed E-state index contributed by atoms with van der Waals surface area (Å²) >= 11 is 0. The van der Waals surface area contributed by atoms with Crippen LogP contribution in [0.3, 0.4) is 0 Å². The largest absolute Gasteiger partial charge is 0.315 e. The highest BCUT2D eigenvalue weighted by atomic mass is 16.1. The van der Waals surface area contributed by atoms with E-state index in [1.165, 1.54) is 16.7 Å². The van der Waals surface area contributed by atoms with E-state index in [9.17, 15) is 4.79 Å². The second-order valence-corrected chi connectivity index (χ2v) is 4.43. The van der Waals surface area contributed by atoms with Crippen molar-refractivity contribution >= 4 is 5.78 Å². The Morgan fingerprint density at radius 1 is 1.40 bits per heavy atom. The zero-order valence-electron chi connectivity index (χ0n) is 9.34. The fourth-order valence-corrected chi connectivity index (χ4v) is 1.84. The van der Waals surface area contributed by atoms with Crippen molar-refractivity contribution in [2.45, 2.75) is 20.3 Å². The average molecular weight is 203 g/mol. The van der Waals surface area contributed by atoms with Crippen LogP contribution in [0.4, 0.5) is 0 Å². The Kier molecular flexibility index (Phi) is 2.87. The monoisotopic (exact) mass is 203 g/mol. The molecule has 1 aromatic rings. The lowest BCUT2D eigenvalue weighted by atomic mass is 9.91. The predicted molar refractivity (Wildman–Crippen MR) is 61.0 cm³/mol. The van der Waals surface area contributed by atoms with Crippen molar-refractivity contribution in [1.82, 2.24) is 5.32 Å². The quantitative estimate of drug-likeness (QED) is 0.809. The molecule has 1 fully saturated rings. The summed E-state index contributed by atoms with van der Waals surface area (Å²) in [5, 5.41) is 3.13. The van der Waals surface area contributed by atoms with Crippen LogP contribution in [-0.2, 0) is 11.2 Å². The molecule has 0 aliphatic carbocycles. The normalized spacial score (nSPS) is 16.1. The van der Waals surface area contributed by atoms with Crippen LogP contribution in [-0.4, -0.2) is 18.9 Å². The lowest BCUT2D eigenvalue weighted by Crippen LogP contribution is -2.47. The molecule has 0 spiro atoms. The molecular weight excluding hydrogens is 186 g/mol. The molecule has 0 atom stereocenters. The van der Waals surface area contributed by atoms with Crippen LogP contribution in [0.15, 0.2) is 18.2 Å². The van der Waals surface area contributed by atoms with E-state index < -0.39 is 0 Å². The predicted octanol–water partition coefficient (Wildman–Crippen LogP) is 1.63. The standard InChI is InChI=1S/C13H17NO/c1-9-3-4-10(2)11(5-9)6-13(15)12-7-14-8-12/h3-5,12,14H,6-8H2,1-2H3. The number of Topliss-reactive ketones (excluding diaryl/α,β-unsaturated/α-hetero) is 1. The number of nitrogens with one attached hydrogen (secondary N) is 1.